The second kappa shape index (κ2) is 5.18. The van der Waals surface area contributed by atoms with Gasteiger partial charge < -0.3 is 5.32 Å². The molecule has 0 heterocycles. The predicted octanol–water partition coefficient (Wildman–Crippen LogP) is 2.85. The fourth-order valence-electron chi connectivity index (χ4n) is 2.34. The Hall–Kier alpha value is -1.26. The highest BCUT2D eigenvalue weighted by Gasteiger charge is 2.12. The van der Waals surface area contributed by atoms with E-state index < -0.39 is 0 Å². The summed E-state index contributed by atoms with van der Waals surface area (Å²) in [4.78, 5) is 0. The summed E-state index contributed by atoms with van der Waals surface area (Å²) in [5, 5.41) is 3.45. The molecule has 1 heteroatoms. The number of hydrogen-bond acceptors (Lipinski definition) is 1. The third-order valence-electron chi connectivity index (χ3n) is 3.34. The molecular formula is C15H19N. The van der Waals surface area contributed by atoms with Crippen LogP contribution in [0, 0.1) is 12.3 Å². The maximum Gasteiger partial charge on any atom is 0.0292 e. The first kappa shape index (κ1) is 11.2. The van der Waals surface area contributed by atoms with Crippen LogP contribution in [0.5, 0.6) is 0 Å². The zero-order valence-electron chi connectivity index (χ0n) is 9.92. The lowest BCUT2D eigenvalue weighted by molar-refractivity contribution is 0.583. The molecule has 0 radical (unpaired) electrons. The lowest BCUT2D eigenvalue weighted by Crippen LogP contribution is -2.19. The number of rotatable bonds is 4. The minimum Gasteiger partial charge on any atom is -0.309 e. The molecule has 0 aliphatic heterocycles. The van der Waals surface area contributed by atoms with Crippen molar-refractivity contribution in [3.8, 4) is 12.3 Å². The van der Waals surface area contributed by atoms with Crippen LogP contribution in [0.1, 0.15) is 42.5 Å². The van der Waals surface area contributed by atoms with Crippen molar-refractivity contribution in [3.63, 3.8) is 0 Å². The fourth-order valence-corrected chi connectivity index (χ4v) is 2.34. The second-order valence-corrected chi connectivity index (χ2v) is 4.51. The Labute approximate surface area is 98.3 Å². The highest BCUT2D eigenvalue weighted by molar-refractivity contribution is 5.36. The zero-order valence-corrected chi connectivity index (χ0v) is 9.92. The van der Waals surface area contributed by atoms with Gasteiger partial charge in [-0.2, -0.15) is 0 Å². The number of nitrogens with one attached hydrogen (secondary N) is 1. The van der Waals surface area contributed by atoms with E-state index in [4.69, 9.17) is 6.42 Å². The van der Waals surface area contributed by atoms with Gasteiger partial charge in [-0.1, -0.05) is 18.2 Å². The van der Waals surface area contributed by atoms with Crippen LogP contribution < -0.4 is 5.32 Å². The average Bonchev–Trinajstić information content (AvgIpc) is 2.76. The van der Waals surface area contributed by atoms with Gasteiger partial charge >= 0.3 is 0 Å². The predicted molar refractivity (Wildman–Crippen MR) is 68.3 cm³/mol. The van der Waals surface area contributed by atoms with E-state index in [1.54, 1.807) is 11.1 Å². The summed E-state index contributed by atoms with van der Waals surface area (Å²) >= 11 is 0. The van der Waals surface area contributed by atoms with Gasteiger partial charge in [0.15, 0.2) is 0 Å². The van der Waals surface area contributed by atoms with E-state index in [2.05, 4.69) is 36.4 Å². The topological polar surface area (TPSA) is 12.0 Å². The minimum atomic E-state index is 0.402. The Morgan fingerprint density at radius 1 is 1.38 bits per heavy atom. The minimum absolute atomic E-state index is 0.402. The number of benzene rings is 1. The largest absolute Gasteiger partial charge is 0.309 e. The van der Waals surface area contributed by atoms with Crippen molar-refractivity contribution in [2.24, 2.45) is 0 Å². The van der Waals surface area contributed by atoms with Gasteiger partial charge in [0.2, 0.25) is 0 Å². The van der Waals surface area contributed by atoms with Crippen molar-refractivity contribution >= 4 is 0 Å². The van der Waals surface area contributed by atoms with Gasteiger partial charge in [-0.05, 0) is 42.9 Å². The van der Waals surface area contributed by atoms with Gasteiger partial charge in [-0.3, -0.25) is 0 Å². The van der Waals surface area contributed by atoms with Gasteiger partial charge in [-0.15, -0.1) is 12.3 Å². The lowest BCUT2D eigenvalue weighted by atomic mass is 10.0. The highest BCUT2D eigenvalue weighted by Crippen LogP contribution is 2.25. The average molecular weight is 213 g/mol. The van der Waals surface area contributed by atoms with Crippen LogP contribution in [0.15, 0.2) is 18.2 Å². The van der Waals surface area contributed by atoms with E-state index >= 15 is 0 Å². The molecule has 16 heavy (non-hydrogen) atoms. The molecule has 0 aromatic heterocycles. The van der Waals surface area contributed by atoms with Crippen molar-refractivity contribution < 1.29 is 0 Å². The van der Waals surface area contributed by atoms with E-state index in [-0.39, 0.29) is 0 Å². The van der Waals surface area contributed by atoms with Crippen molar-refractivity contribution in [1.82, 2.24) is 5.32 Å². The van der Waals surface area contributed by atoms with Gasteiger partial charge in [-0.25, -0.2) is 0 Å². The quantitative estimate of drug-likeness (QED) is 0.599. The first-order valence-corrected chi connectivity index (χ1v) is 6.10. The van der Waals surface area contributed by atoms with Gasteiger partial charge in [0, 0.05) is 19.0 Å². The normalized spacial score (nSPS) is 15.5. The Morgan fingerprint density at radius 2 is 2.19 bits per heavy atom. The van der Waals surface area contributed by atoms with Gasteiger partial charge in [0.05, 0.1) is 0 Å². The lowest BCUT2D eigenvalue weighted by Gasteiger charge is -2.14. The SMILES string of the molecule is C#CCCNC(C)c1ccc2c(c1)CCC2. The Morgan fingerprint density at radius 3 is 3.00 bits per heavy atom. The molecule has 1 atom stereocenters. The molecule has 1 aliphatic carbocycles. The van der Waals surface area contributed by atoms with Gasteiger partial charge in [0.25, 0.3) is 0 Å². The van der Waals surface area contributed by atoms with Crippen molar-refractivity contribution in [2.45, 2.75) is 38.6 Å². The molecule has 84 valence electrons. The summed E-state index contributed by atoms with van der Waals surface area (Å²) in [5.41, 5.74) is 4.47. The molecule has 1 aromatic rings. The molecular weight excluding hydrogens is 194 g/mol. The number of aryl methyl sites for hydroxylation is 2. The highest BCUT2D eigenvalue weighted by atomic mass is 14.9. The monoisotopic (exact) mass is 213 g/mol. The number of fused-ring (bicyclic) bond motifs is 1. The van der Waals surface area contributed by atoms with Crippen molar-refractivity contribution in [1.29, 1.82) is 0 Å². The van der Waals surface area contributed by atoms with Crippen LogP contribution in [-0.2, 0) is 12.8 Å². The van der Waals surface area contributed by atoms with Gasteiger partial charge in [0.1, 0.15) is 0 Å². The molecule has 0 bridgehead atoms. The molecule has 1 nitrogen and oxygen atoms in total. The maximum atomic E-state index is 5.24. The summed E-state index contributed by atoms with van der Waals surface area (Å²) in [6.45, 7) is 3.10. The van der Waals surface area contributed by atoms with Crippen LogP contribution >= 0.6 is 0 Å². The molecule has 0 saturated carbocycles. The number of hydrogen-bond donors (Lipinski definition) is 1. The Balaban J connectivity index is 2.01. The smallest absolute Gasteiger partial charge is 0.0292 e. The molecule has 1 aliphatic rings. The van der Waals surface area contributed by atoms with E-state index in [0.717, 1.165) is 13.0 Å². The van der Waals surface area contributed by atoms with Crippen LogP contribution in [0.25, 0.3) is 0 Å². The molecule has 1 N–H and O–H groups in total. The van der Waals surface area contributed by atoms with Crippen LogP contribution in [0.4, 0.5) is 0 Å². The summed E-state index contributed by atoms with van der Waals surface area (Å²) < 4.78 is 0. The molecule has 1 unspecified atom stereocenters. The Bertz CT molecular complexity index is 400. The summed E-state index contributed by atoms with van der Waals surface area (Å²) in [6.07, 6.45) is 9.86. The maximum absolute atomic E-state index is 5.24. The number of terminal acetylenes is 1. The van der Waals surface area contributed by atoms with Crippen molar-refractivity contribution in [2.75, 3.05) is 6.54 Å². The molecule has 1 aromatic carbocycles. The molecule has 0 saturated heterocycles. The van der Waals surface area contributed by atoms with Crippen molar-refractivity contribution in [3.05, 3.63) is 34.9 Å². The summed E-state index contributed by atoms with van der Waals surface area (Å²) in [7, 11) is 0. The standard InChI is InChI=1S/C15H19N/c1-3-4-10-16-12(2)14-9-8-13-6-5-7-15(13)11-14/h1,8-9,11-12,16H,4-7,10H2,2H3. The second-order valence-electron chi connectivity index (χ2n) is 4.51. The van der Waals surface area contributed by atoms with Crippen LogP contribution in [-0.4, -0.2) is 6.54 Å². The zero-order chi connectivity index (χ0) is 11.4. The van der Waals surface area contributed by atoms with Crippen LogP contribution in [0.2, 0.25) is 0 Å². The Kier molecular flexibility index (Phi) is 3.64. The first-order chi connectivity index (χ1) is 7.81. The molecule has 0 fully saturated rings. The first-order valence-electron chi connectivity index (χ1n) is 6.10. The molecule has 0 spiro atoms. The molecule has 0 amide bonds. The third kappa shape index (κ3) is 2.46. The van der Waals surface area contributed by atoms with Crippen LogP contribution in [0.3, 0.4) is 0 Å². The fraction of sp³-hybridized carbons (Fsp3) is 0.467. The third-order valence-corrected chi connectivity index (χ3v) is 3.34. The summed E-state index contributed by atoms with van der Waals surface area (Å²) in [5.74, 6) is 2.65. The van der Waals surface area contributed by atoms with E-state index in [0.29, 0.717) is 6.04 Å². The summed E-state index contributed by atoms with van der Waals surface area (Å²) in [6, 6.07) is 7.30. The molecule has 2 rings (SSSR count). The van der Waals surface area contributed by atoms with E-state index in [1.165, 1.54) is 24.8 Å². The van der Waals surface area contributed by atoms with E-state index in [9.17, 15) is 0 Å². The van der Waals surface area contributed by atoms with E-state index in [1.807, 2.05) is 0 Å².